The summed E-state index contributed by atoms with van der Waals surface area (Å²) >= 11 is 1.89. The number of benzene rings is 1. The lowest BCUT2D eigenvalue weighted by atomic mass is 10.1. The minimum absolute atomic E-state index is 0.373. The minimum Gasteiger partial charge on any atom is -0.350 e. The number of aromatic amines is 1. The summed E-state index contributed by atoms with van der Waals surface area (Å²) in [5.41, 5.74) is 7.12. The van der Waals surface area contributed by atoms with Crippen LogP contribution in [0.5, 0.6) is 0 Å². The van der Waals surface area contributed by atoms with E-state index in [1.807, 2.05) is 11.8 Å². The molecule has 0 radical (unpaired) electrons. The molecule has 17 heavy (non-hydrogen) atoms. The predicted octanol–water partition coefficient (Wildman–Crippen LogP) is 3.78. The van der Waals surface area contributed by atoms with Crippen LogP contribution in [0.1, 0.15) is 26.2 Å². The third-order valence-electron chi connectivity index (χ3n) is 3.01. The maximum absolute atomic E-state index is 5.90. The number of hydrogen-bond donors (Lipinski definition) is 2. The smallest absolute Gasteiger partial charge is 0.0732 e. The predicted molar refractivity (Wildman–Crippen MR) is 76.5 cm³/mol. The van der Waals surface area contributed by atoms with Gasteiger partial charge in [0.25, 0.3) is 0 Å². The Morgan fingerprint density at radius 2 is 2.18 bits per heavy atom. The van der Waals surface area contributed by atoms with Gasteiger partial charge in [-0.25, -0.2) is 0 Å². The zero-order chi connectivity index (χ0) is 12.1. The highest BCUT2D eigenvalue weighted by molar-refractivity contribution is 7.99. The highest BCUT2D eigenvalue weighted by Crippen LogP contribution is 2.23. The number of nitrogens with one attached hydrogen (secondary N) is 1. The molecule has 0 saturated heterocycles. The van der Waals surface area contributed by atoms with Gasteiger partial charge >= 0.3 is 0 Å². The second-order valence-electron chi connectivity index (χ2n) is 4.38. The van der Waals surface area contributed by atoms with Gasteiger partial charge in [0.15, 0.2) is 0 Å². The van der Waals surface area contributed by atoms with Crippen molar-refractivity contribution in [3.8, 4) is 0 Å². The summed E-state index contributed by atoms with van der Waals surface area (Å²) in [6.07, 6.45) is 3.40. The Balaban J connectivity index is 1.83. The second kappa shape index (κ2) is 6.12. The molecular weight excluding hydrogens is 228 g/mol. The molecule has 3 heteroatoms. The number of H-pyrrole nitrogens is 1. The van der Waals surface area contributed by atoms with Crippen LogP contribution >= 0.6 is 11.8 Å². The molecule has 0 aliphatic rings. The third kappa shape index (κ3) is 3.51. The molecule has 1 atom stereocenters. The van der Waals surface area contributed by atoms with E-state index < -0.39 is 0 Å². The Morgan fingerprint density at radius 3 is 2.94 bits per heavy atom. The van der Waals surface area contributed by atoms with E-state index in [9.17, 15) is 0 Å². The number of para-hydroxylation sites is 1. The number of thioether (sulfide) groups is 1. The van der Waals surface area contributed by atoms with Crippen LogP contribution in [0.4, 0.5) is 0 Å². The van der Waals surface area contributed by atoms with E-state index in [0.717, 1.165) is 18.6 Å². The highest BCUT2D eigenvalue weighted by atomic mass is 32.2. The van der Waals surface area contributed by atoms with E-state index >= 15 is 0 Å². The van der Waals surface area contributed by atoms with Gasteiger partial charge in [-0.3, -0.25) is 0 Å². The maximum atomic E-state index is 5.90. The summed E-state index contributed by atoms with van der Waals surface area (Å²) in [5.74, 6) is 1.14. The van der Waals surface area contributed by atoms with Crippen molar-refractivity contribution in [3.63, 3.8) is 0 Å². The quantitative estimate of drug-likeness (QED) is 0.603. The van der Waals surface area contributed by atoms with Crippen molar-refractivity contribution < 1.29 is 0 Å². The van der Waals surface area contributed by atoms with Gasteiger partial charge in [-0.15, -0.1) is 11.8 Å². The summed E-state index contributed by atoms with van der Waals surface area (Å²) in [6, 6.07) is 11.0. The first kappa shape index (κ1) is 12.5. The standard InChI is InChI=1S/C14H20N2S/c1-2-12(15)7-5-9-17-14-10-11-6-3-4-8-13(11)16-14/h3-4,6,8,10,12,16H,2,5,7,9,15H2,1H3. The normalized spacial score (nSPS) is 13.1. The van der Waals surface area contributed by atoms with Crippen molar-refractivity contribution in [3.05, 3.63) is 30.3 Å². The summed E-state index contributed by atoms with van der Waals surface area (Å²) < 4.78 is 0. The van der Waals surface area contributed by atoms with Crippen molar-refractivity contribution in [1.82, 2.24) is 4.98 Å². The lowest BCUT2D eigenvalue weighted by Gasteiger charge is -2.06. The molecule has 1 aromatic carbocycles. The van der Waals surface area contributed by atoms with E-state index in [1.165, 1.54) is 22.3 Å². The van der Waals surface area contributed by atoms with E-state index in [4.69, 9.17) is 5.73 Å². The number of hydrogen-bond acceptors (Lipinski definition) is 2. The summed E-state index contributed by atoms with van der Waals surface area (Å²) in [4.78, 5) is 3.43. The molecule has 2 nitrogen and oxygen atoms in total. The van der Waals surface area contributed by atoms with Crippen molar-refractivity contribution >= 4 is 22.7 Å². The summed E-state index contributed by atoms with van der Waals surface area (Å²) in [6.45, 7) is 2.15. The van der Waals surface area contributed by atoms with Crippen molar-refractivity contribution in [2.75, 3.05) is 5.75 Å². The zero-order valence-corrected chi connectivity index (χ0v) is 11.1. The van der Waals surface area contributed by atoms with Crippen LogP contribution in [0.2, 0.25) is 0 Å². The van der Waals surface area contributed by atoms with Crippen LogP contribution in [-0.4, -0.2) is 16.8 Å². The van der Waals surface area contributed by atoms with Crippen LogP contribution in [0.15, 0.2) is 35.4 Å². The molecule has 0 fully saturated rings. The van der Waals surface area contributed by atoms with E-state index in [-0.39, 0.29) is 0 Å². The number of fused-ring (bicyclic) bond motifs is 1. The molecule has 0 saturated carbocycles. The summed E-state index contributed by atoms with van der Waals surface area (Å²) in [5, 5.41) is 2.55. The lowest BCUT2D eigenvalue weighted by Crippen LogP contribution is -2.18. The van der Waals surface area contributed by atoms with E-state index in [2.05, 4.69) is 42.2 Å². The lowest BCUT2D eigenvalue weighted by molar-refractivity contribution is 0.589. The fourth-order valence-corrected chi connectivity index (χ4v) is 2.78. The van der Waals surface area contributed by atoms with Crippen LogP contribution in [-0.2, 0) is 0 Å². The average Bonchev–Trinajstić information content (AvgIpc) is 2.76. The molecule has 0 amide bonds. The van der Waals surface area contributed by atoms with Gasteiger partial charge in [0.05, 0.1) is 5.03 Å². The van der Waals surface area contributed by atoms with Crippen molar-refractivity contribution in [2.24, 2.45) is 5.73 Å². The third-order valence-corrected chi connectivity index (χ3v) is 4.03. The highest BCUT2D eigenvalue weighted by Gasteiger charge is 2.02. The van der Waals surface area contributed by atoms with Crippen molar-refractivity contribution in [1.29, 1.82) is 0 Å². The first-order chi connectivity index (χ1) is 8.29. The Bertz CT molecular complexity index is 431. The molecule has 3 N–H and O–H groups in total. The van der Waals surface area contributed by atoms with Crippen LogP contribution in [0.25, 0.3) is 10.9 Å². The molecule has 0 spiro atoms. The second-order valence-corrected chi connectivity index (χ2v) is 5.52. The Kier molecular flexibility index (Phi) is 4.51. The molecule has 1 unspecified atom stereocenters. The zero-order valence-electron chi connectivity index (χ0n) is 10.3. The molecule has 92 valence electrons. The Hall–Kier alpha value is -0.930. The average molecular weight is 248 g/mol. The first-order valence-electron chi connectivity index (χ1n) is 6.25. The maximum Gasteiger partial charge on any atom is 0.0732 e. The number of aromatic nitrogens is 1. The molecule has 2 rings (SSSR count). The first-order valence-corrected chi connectivity index (χ1v) is 7.24. The van der Waals surface area contributed by atoms with Gasteiger partial charge in [0.1, 0.15) is 0 Å². The van der Waals surface area contributed by atoms with Gasteiger partial charge in [-0.05, 0) is 37.1 Å². The van der Waals surface area contributed by atoms with Crippen molar-refractivity contribution in [2.45, 2.75) is 37.3 Å². The van der Waals surface area contributed by atoms with Gasteiger partial charge in [-0.2, -0.15) is 0 Å². The van der Waals surface area contributed by atoms with Crippen LogP contribution in [0, 0.1) is 0 Å². The molecule has 2 aromatic rings. The molecule has 0 bridgehead atoms. The van der Waals surface area contributed by atoms with Gasteiger partial charge in [0.2, 0.25) is 0 Å². The number of rotatable bonds is 6. The fourth-order valence-electron chi connectivity index (χ4n) is 1.86. The Labute approximate surface area is 107 Å². The van der Waals surface area contributed by atoms with Gasteiger partial charge < -0.3 is 10.7 Å². The molecule has 1 heterocycles. The topological polar surface area (TPSA) is 41.8 Å². The van der Waals surface area contributed by atoms with Gasteiger partial charge in [-0.1, -0.05) is 25.1 Å². The fraction of sp³-hybridized carbons (Fsp3) is 0.429. The summed E-state index contributed by atoms with van der Waals surface area (Å²) in [7, 11) is 0. The van der Waals surface area contributed by atoms with E-state index in [1.54, 1.807) is 0 Å². The largest absolute Gasteiger partial charge is 0.350 e. The molecular formula is C14H20N2S. The van der Waals surface area contributed by atoms with Gasteiger partial charge in [0, 0.05) is 16.9 Å². The van der Waals surface area contributed by atoms with Crippen LogP contribution in [0.3, 0.4) is 0 Å². The molecule has 1 aromatic heterocycles. The van der Waals surface area contributed by atoms with Crippen LogP contribution < -0.4 is 5.73 Å². The number of nitrogens with two attached hydrogens (primary N) is 1. The Morgan fingerprint density at radius 1 is 1.35 bits per heavy atom. The minimum atomic E-state index is 0.373. The molecule has 0 aliphatic heterocycles. The molecule has 0 aliphatic carbocycles. The SMILES string of the molecule is CCC(N)CCCSc1cc2ccccc2[nH]1. The van der Waals surface area contributed by atoms with E-state index in [0.29, 0.717) is 6.04 Å². The monoisotopic (exact) mass is 248 g/mol.